The Balaban J connectivity index is 1.54. The van der Waals surface area contributed by atoms with E-state index in [4.69, 9.17) is 0 Å². The van der Waals surface area contributed by atoms with Crippen LogP contribution in [0.25, 0.3) is 5.69 Å². The molecule has 0 bridgehead atoms. The minimum Gasteiger partial charge on any atom is -0.352 e. The first kappa shape index (κ1) is 14.4. The maximum atomic E-state index is 11.9. The summed E-state index contributed by atoms with van der Waals surface area (Å²) in [6, 6.07) is 7.81. The molecular formula is C15H15N5OS. The van der Waals surface area contributed by atoms with Crippen LogP contribution >= 0.6 is 11.3 Å². The quantitative estimate of drug-likeness (QED) is 0.781. The molecule has 1 amide bonds. The minimum atomic E-state index is -0.0225. The first-order valence-corrected chi connectivity index (χ1v) is 7.70. The lowest BCUT2D eigenvalue weighted by atomic mass is 10.2. The van der Waals surface area contributed by atoms with E-state index in [0.29, 0.717) is 13.0 Å². The smallest absolute Gasteiger partial charge is 0.226 e. The van der Waals surface area contributed by atoms with Crippen molar-refractivity contribution in [3.8, 4) is 5.69 Å². The topological polar surface area (TPSA) is 72.7 Å². The number of rotatable bonds is 5. The lowest BCUT2D eigenvalue weighted by molar-refractivity contribution is -0.120. The van der Waals surface area contributed by atoms with Crippen molar-refractivity contribution in [3.05, 3.63) is 58.6 Å². The summed E-state index contributed by atoms with van der Waals surface area (Å²) in [6.07, 6.45) is 3.46. The van der Waals surface area contributed by atoms with Crippen LogP contribution in [0, 0.1) is 6.92 Å². The second kappa shape index (κ2) is 6.48. The number of hydrogen-bond donors (Lipinski definition) is 1. The molecule has 0 radical (unpaired) electrons. The average Bonchev–Trinajstić information content (AvgIpc) is 3.18. The standard InChI is InChI=1S/C15H15N5OS/c1-11-19-13(8-22-11)6-15(21)17-7-12-2-4-14(5-3-12)20-10-16-9-18-20/h2-5,8-10H,6-7H2,1H3,(H,17,21). The third-order valence-corrected chi connectivity index (χ3v) is 3.94. The molecule has 0 saturated carbocycles. The number of aryl methyl sites for hydroxylation is 1. The largest absolute Gasteiger partial charge is 0.352 e. The number of hydrogen-bond acceptors (Lipinski definition) is 5. The number of carbonyl (C=O) groups is 1. The number of nitrogens with one attached hydrogen (secondary N) is 1. The maximum Gasteiger partial charge on any atom is 0.226 e. The van der Waals surface area contributed by atoms with Crippen LogP contribution < -0.4 is 5.32 Å². The lowest BCUT2D eigenvalue weighted by Crippen LogP contribution is -2.24. The Hall–Kier alpha value is -2.54. The molecule has 112 valence electrons. The molecule has 0 unspecified atom stereocenters. The predicted molar refractivity (Wildman–Crippen MR) is 83.8 cm³/mol. The molecule has 3 rings (SSSR count). The van der Waals surface area contributed by atoms with E-state index in [1.165, 1.54) is 6.33 Å². The van der Waals surface area contributed by atoms with Gasteiger partial charge in [-0.1, -0.05) is 12.1 Å². The molecule has 22 heavy (non-hydrogen) atoms. The molecule has 1 N–H and O–H groups in total. The molecule has 0 aliphatic rings. The summed E-state index contributed by atoms with van der Waals surface area (Å²) in [5, 5.41) is 9.87. The van der Waals surface area contributed by atoms with Gasteiger partial charge in [0.05, 0.1) is 22.8 Å². The van der Waals surface area contributed by atoms with Gasteiger partial charge in [-0.15, -0.1) is 11.3 Å². The summed E-state index contributed by atoms with van der Waals surface area (Å²) in [4.78, 5) is 20.1. The van der Waals surface area contributed by atoms with Crippen molar-refractivity contribution in [2.45, 2.75) is 19.9 Å². The van der Waals surface area contributed by atoms with Crippen LogP contribution in [0.1, 0.15) is 16.3 Å². The van der Waals surface area contributed by atoms with Crippen LogP contribution in [0.2, 0.25) is 0 Å². The third-order valence-electron chi connectivity index (χ3n) is 3.12. The van der Waals surface area contributed by atoms with Gasteiger partial charge in [-0.05, 0) is 24.6 Å². The van der Waals surface area contributed by atoms with Crippen LogP contribution in [0.4, 0.5) is 0 Å². The zero-order valence-corrected chi connectivity index (χ0v) is 12.9. The molecule has 0 spiro atoms. The summed E-state index contributed by atoms with van der Waals surface area (Å²) in [5.41, 5.74) is 2.79. The fourth-order valence-electron chi connectivity index (χ4n) is 2.03. The third kappa shape index (κ3) is 3.56. The van der Waals surface area contributed by atoms with Crippen molar-refractivity contribution in [1.82, 2.24) is 25.1 Å². The van der Waals surface area contributed by atoms with E-state index in [9.17, 15) is 4.79 Å². The zero-order chi connectivity index (χ0) is 15.4. The van der Waals surface area contributed by atoms with Gasteiger partial charge < -0.3 is 5.32 Å². The van der Waals surface area contributed by atoms with Crippen molar-refractivity contribution in [2.75, 3.05) is 0 Å². The van der Waals surface area contributed by atoms with Crippen LogP contribution in [0.3, 0.4) is 0 Å². The van der Waals surface area contributed by atoms with Gasteiger partial charge in [-0.3, -0.25) is 4.79 Å². The molecule has 7 heteroatoms. The lowest BCUT2D eigenvalue weighted by Gasteiger charge is -2.06. The molecule has 6 nitrogen and oxygen atoms in total. The van der Waals surface area contributed by atoms with Crippen LogP contribution in [0.15, 0.2) is 42.3 Å². The Morgan fingerprint density at radius 2 is 2.14 bits per heavy atom. The van der Waals surface area contributed by atoms with Crippen molar-refractivity contribution >= 4 is 17.2 Å². The van der Waals surface area contributed by atoms with Gasteiger partial charge in [0.1, 0.15) is 12.7 Å². The molecule has 0 atom stereocenters. The van der Waals surface area contributed by atoms with Gasteiger partial charge in [0.2, 0.25) is 5.91 Å². The van der Waals surface area contributed by atoms with Gasteiger partial charge >= 0.3 is 0 Å². The number of thiazole rings is 1. The zero-order valence-electron chi connectivity index (χ0n) is 12.1. The number of benzene rings is 1. The summed E-state index contributed by atoms with van der Waals surface area (Å²) >= 11 is 1.56. The normalized spacial score (nSPS) is 10.6. The molecule has 2 heterocycles. The van der Waals surface area contributed by atoms with Crippen molar-refractivity contribution in [3.63, 3.8) is 0 Å². The first-order valence-electron chi connectivity index (χ1n) is 6.82. The Bertz CT molecular complexity index is 749. The summed E-state index contributed by atoms with van der Waals surface area (Å²) in [7, 11) is 0. The van der Waals surface area contributed by atoms with E-state index in [0.717, 1.165) is 22.0 Å². The predicted octanol–water partition coefficient (Wildman–Crippen LogP) is 1.89. The van der Waals surface area contributed by atoms with E-state index < -0.39 is 0 Å². The van der Waals surface area contributed by atoms with Gasteiger partial charge in [-0.25, -0.2) is 14.6 Å². The Morgan fingerprint density at radius 3 is 2.77 bits per heavy atom. The fraction of sp³-hybridized carbons (Fsp3) is 0.200. The van der Waals surface area contributed by atoms with Crippen molar-refractivity contribution in [2.24, 2.45) is 0 Å². The van der Waals surface area contributed by atoms with Gasteiger partial charge in [-0.2, -0.15) is 5.10 Å². The Kier molecular flexibility index (Phi) is 4.24. The van der Waals surface area contributed by atoms with Gasteiger partial charge in [0, 0.05) is 11.9 Å². The van der Waals surface area contributed by atoms with E-state index >= 15 is 0 Å². The van der Waals surface area contributed by atoms with E-state index in [1.807, 2.05) is 36.6 Å². The monoisotopic (exact) mass is 313 g/mol. The van der Waals surface area contributed by atoms with E-state index in [-0.39, 0.29) is 5.91 Å². The minimum absolute atomic E-state index is 0.0225. The highest BCUT2D eigenvalue weighted by Gasteiger charge is 2.06. The average molecular weight is 313 g/mol. The highest BCUT2D eigenvalue weighted by Crippen LogP contribution is 2.09. The van der Waals surface area contributed by atoms with E-state index in [2.05, 4.69) is 20.4 Å². The van der Waals surface area contributed by atoms with Crippen LogP contribution in [0.5, 0.6) is 0 Å². The van der Waals surface area contributed by atoms with E-state index in [1.54, 1.807) is 22.3 Å². The molecule has 3 aromatic rings. The van der Waals surface area contributed by atoms with Crippen molar-refractivity contribution in [1.29, 1.82) is 0 Å². The summed E-state index contributed by atoms with van der Waals surface area (Å²) < 4.78 is 1.69. The second-order valence-corrected chi connectivity index (χ2v) is 5.88. The number of nitrogens with zero attached hydrogens (tertiary/aromatic N) is 4. The summed E-state index contributed by atoms with van der Waals surface area (Å²) in [5.74, 6) is -0.0225. The molecule has 0 fully saturated rings. The Morgan fingerprint density at radius 1 is 1.32 bits per heavy atom. The molecular weight excluding hydrogens is 298 g/mol. The van der Waals surface area contributed by atoms with Gasteiger partial charge in [0.15, 0.2) is 0 Å². The highest BCUT2D eigenvalue weighted by atomic mass is 32.1. The molecule has 2 aromatic heterocycles. The number of aromatic nitrogens is 4. The number of carbonyl (C=O) groups excluding carboxylic acids is 1. The number of amides is 1. The van der Waals surface area contributed by atoms with Crippen LogP contribution in [-0.4, -0.2) is 25.7 Å². The highest BCUT2D eigenvalue weighted by molar-refractivity contribution is 7.09. The van der Waals surface area contributed by atoms with Gasteiger partial charge in [0.25, 0.3) is 0 Å². The summed E-state index contributed by atoms with van der Waals surface area (Å²) in [6.45, 7) is 2.43. The molecule has 0 saturated heterocycles. The second-order valence-electron chi connectivity index (χ2n) is 4.82. The SMILES string of the molecule is Cc1nc(CC(=O)NCc2ccc(-n3cncn3)cc2)cs1. The Labute approximate surface area is 131 Å². The first-order chi connectivity index (χ1) is 10.7. The van der Waals surface area contributed by atoms with Crippen molar-refractivity contribution < 1.29 is 4.79 Å². The maximum absolute atomic E-state index is 11.9. The molecule has 0 aliphatic carbocycles. The van der Waals surface area contributed by atoms with Crippen LogP contribution in [-0.2, 0) is 17.8 Å². The molecule has 0 aliphatic heterocycles. The fourth-order valence-corrected chi connectivity index (χ4v) is 2.64. The molecule has 1 aromatic carbocycles.